The molecule has 0 saturated heterocycles. The third-order valence-corrected chi connectivity index (χ3v) is 4.51. The van der Waals surface area contributed by atoms with Crippen molar-refractivity contribution < 1.29 is 27.0 Å². The van der Waals surface area contributed by atoms with E-state index in [1.807, 2.05) is 32.9 Å². The number of anilines is 1. The average Bonchev–Trinajstić information content (AvgIpc) is 2.62. The van der Waals surface area contributed by atoms with E-state index < -0.39 is 18.6 Å². The number of rotatable bonds is 6. The Labute approximate surface area is 166 Å². The van der Waals surface area contributed by atoms with Gasteiger partial charge < -0.3 is 14.8 Å². The van der Waals surface area contributed by atoms with Gasteiger partial charge in [0.25, 0.3) is 5.17 Å². The zero-order valence-electron chi connectivity index (χ0n) is 15.7. The molecule has 3 nitrogen and oxygen atoms in total. The second-order valence-corrected chi connectivity index (χ2v) is 6.55. The van der Waals surface area contributed by atoms with Crippen LogP contribution in [0.2, 0.25) is 0 Å². The summed E-state index contributed by atoms with van der Waals surface area (Å²) in [6, 6.07) is 7.37. The zero-order valence-corrected chi connectivity index (χ0v) is 16.6. The molecular formula is C20H21F4NO2S. The van der Waals surface area contributed by atoms with Crippen LogP contribution in [0.15, 0.2) is 30.3 Å². The summed E-state index contributed by atoms with van der Waals surface area (Å²) in [5.74, 6) is 0.500. The van der Waals surface area contributed by atoms with Crippen molar-refractivity contribution in [1.29, 1.82) is 0 Å². The van der Waals surface area contributed by atoms with Gasteiger partial charge in [0, 0.05) is 11.3 Å². The summed E-state index contributed by atoms with van der Waals surface area (Å²) in [4.78, 5) is 0. The maximum atomic E-state index is 13.5. The van der Waals surface area contributed by atoms with E-state index in [1.165, 1.54) is 12.1 Å². The Hall–Kier alpha value is -2.35. The molecule has 2 rings (SSSR count). The molecular weight excluding hydrogens is 394 g/mol. The summed E-state index contributed by atoms with van der Waals surface area (Å²) in [7, 11) is 0. The average molecular weight is 415 g/mol. The molecule has 2 aromatic carbocycles. The fourth-order valence-corrected chi connectivity index (χ4v) is 3.01. The van der Waals surface area contributed by atoms with Crippen LogP contribution >= 0.6 is 12.2 Å². The Morgan fingerprint density at radius 1 is 1.14 bits per heavy atom. The predicted molar refractivity (Wildman–Crippen MR) is 104 cm³/mol. The molecule has 0 amide bonds. The van der Waals surface area contributed by atoms with Crippen molar-refractivity contribution in [2.45, 2.75) is 40.0 Å². The number of hydrogen-bond donors (Lipinski definition) is 1. The largest absolute Gasteiger partial charge is 0.489 e. The van der Waals surface area contributed by atoms with Crippen LogP contribution in [-0.4, -0.2) is 12.0 Å². The van der Waals surface area contributed by atoms with Crippen LogP contribution in [0.5, 0.6) is 5.75 Å². The Bertz CT molecular complexity index is 853. The molecule has 0 spiro atoms. The molecule has 0 aliphatic rings. The molecule has 0 unspecified atom stereocenters. The molecule has 152 valence electrons. The van der Waals surface area contributed by atoms with E-state index in [-0.39, 0.29) is 23.0 Å². The summed E-state index contributed by atoms with van der Waals surface area (Å²) in [5.41, 5.74) is 2.03. The molecule has 0 aliphatic carbocycles. The highest BCUT2D eigenvalue weighted by Gasteiger charge is 2.34. The first-order valence-electron chi connectivity index (χ1n) is 8.59. The standard InChI is InChI=1S/C20H21F4NO2S/c1-4-14-8-13(3)18(9-12(14)2)26-10-15-16(20(22,23)24)6-5-7-17(15)25-19(28)27-11-21/h5-9H,4,10-11H2,1-3H3,(H,25,28). The van der Waals surface area contributed by atoms with E-state index >= 15 is 0 Å². The minimum absolute atomic E-state index is 0.0489. The van der Waals surface area contributed by atoms with Crippen molar-refractivity contribution in [1.82, 2.24) is 0 Å². The smallest absolute Gasteiger partial charge is 0.416 e. The number of benzene rings is 2. The van der Waals surface area contributed by atoms with E-state index in [9.17, 15) is 17.6 Å². The second-order valence-electron chi connectivity index (χ2n) is 6.18. The van der Waals surface area contributed by atoms with E-state index in [4.69, 9.17) is 17.0 Å². The van der Waals surface area contributed by atoms with Gasteiger partial charge in [-0.3, -0.25) is 0 Å². The van der Waals surface area contributed by atoms with E-state index in [1.54, 1.807) is 0 Å². The van der Waals surface area contributed by atoms with Gasteiger partial charge in [0.2, 0.25) is 6.86 Å². The lowest BCUT2D eigenvalue weighted by molar-refractivity contribution is -0.138. The third kappa shape index (κ3) is 5.34. The van der Waals surface area contributed by atoms with Gasteiger partial charge in [-0.05, 0) is 67.4 Å². The summed E-state index contributed by atoms with van der Waals surface area (Å²) in [6.07, 6.45) is -3.74. The van der Waals surface area contributed by atoms with E-state index in [2.05, 4.69) is 10.1 Å². The van der Waals surface area contributed by atoms with Crippen LogP contribution in [0.3, 0.4) is 0 Å². The normalized spacial score (nSPS) is 11.2. The molecule has 0 radical (unpaired) electrons. The zero-order chi connectivity index (χ0) is 20.9. The quantitative estimate of drug-likeness (QED) is 0.456. The number of nitrogens with one attached hydrogen (secondary N) is 1. The maximum Gasteiger partial charge on any atom is 0.416 e. The van der Waals surface area contributed by atoms with E-state index in [0.29, 0.717) is 5.75 Å². The fraction of sp³-hybridized carbons (Fsp3) is 0.350. The summed E-state index contributed by atoms with van der Waals surface area (Å²) < 4.78 is 62.9. The molecule has 0 heterocycles. The van der Waals surface area contributed by atoms with Crippen LogP contribution in [0.25, 0.3) is 0 Å². The Balaban J connectivity index is 2.37. The molecule has 0 saturated carbocycles. The predicted octanol–water partition coefficient (Wildman–Crippen LogP) is 6.10. The first kappa shape index (κ1) is 21.9. The molecule has 8 heteroatoms. The highest BCUT2D eigenvalue weighted by molar-refractivity contribution is 7.80. The van der Waals surface area contributed by atoms with Crippen molar-refractivity contribution >= 4 is 23.1 Å². The van der Waals surface area contributed by atoms with Crippen molar-refractivity contribution in [3.8, 4) is 5.75 Å². The highest BCUT2D eigenvalue weighted by atomic mass is 32.1. The molecule has 1 N–H and O–H groups in total. The van der Waals surface area contributed by atoms with Crippen LogP contribution in [-0.2, 0) is 23.9 Å². The lowest BCUT2D eigenvalue weighted by Crippen LogP contribution is -2.18. The minimum Gasteiger partial charge on any atom is -0.489 e. The number of alkyl halides is 4. The van der Waals surface area contributed by atoms with Crippen LogP contribution < -0.4 is 10.1 Å². The summed E-state index contributed by atoms with van der Waals surface area (Å²) in [6.45, 7) is 4.27. The maximum absolute atomic E-state index is 13.5. The fourth-order valence-electron chi connectivity index (χ4n) is 2.86. The monoisotopic (exact) mass is 415 g/mol. The Kier molecular flexibility index (Phi) is 7.23. The third-order valence-electron chi connectivity index (χ3n) is 4.29. The van der Waals surface area contributed by atoms with Gasteiger partial charge in [-0.25, -0.2) is 4.39 Å². The van der Waals surface area contributed by atoms with Gasteiger partial charge in [-0.15, -0.1) is 0 Å². The number of halogens is 4. The topological polar surface area (TPSA) is 30.5 Å². The second kappa shape index (κ2) is 9.23. The Morgan fingerprint density at radius 2 is 1.86 bits per heavy atom. The summed E-state index contributed by atoms with van der Waals surface area (Å²) >= 11 is 4.78. The highest BCUT2D eigenvalue weighted by Crippen LogP contribution is 2.36. The SMILES string of the molecule is CCc1cc(C)c(OCc2c(NC(=S)OCF)cccc2C(F)(F)F)cc1C. The molecule has 0 atom stereocenters. The molecule has 0 aliphatic heterocycles. The van der Waals surface area contributed by atoms with Gasteiger partial charge in [0.05, 0.1) is 5.56 Å². The number of thiocarbonyl (C=S) groups is 1. The summed E-state index contributed by atoms with van der Waals surface area (Å²) in [5, 5.41) is 2.13. The molecule has 28 heavy (non-hydrogen) atoms. The van der Waals surface area contributed by atoms with Crippen LogP contribution in [0, 0.1) is 13.8 Å². The lowest BCUT2D eigenvalue weighted by atomic mass is 10.0. The first-order chi connectivity index (χ1) is 13.2. The molecule has 0 fully saturated rings. The number of aryl methyl sites for hydroxylation is 3. The van der Waals surface area contributed by atoms with E-state index in [0.717, 1.165) is 29.2 Å². The van der Waals surface area contributed by atoms with Crippen molar-refractivity contribution in [2.75, 3.05) is 12.2 Å². The lowest BCUT2D eigenvalue weighted by Gasteiger charge is -2.19. The number of ether oxygens (including phenoxy) is 2. The molecule has 0 bridgehead atoms. The Morgan fingerprint density at radius 3 is 2.46 bits per heavy atom. The van der Waals surface area contributed by atoms with Gasteiger partial charge in [-0.1, -0.05) is 19.1 Å². The first-order valence-corrected chi connectivity index (χ1v) is 9.00. The van der Waals surface area contributed by atoms with Crippen molar-refractivity contribution in [2.24, 2.45) is 0 Å². The molecule has 0 aromatic heterocycles. The number of hydrogen-bond acceptors (Lipinski definition) is 3. The van der Waals surface area contributed by atoms with Crippen LogP contribution in [0.1, 0.15) is 34.7 Å². The van der Waals surface area contributed by atoms with Gasteiger partial charge in [0.1, 0.15) is 12.4 Å². The minimum atomic E-state index is -4.59. The van der Waals surface area contributed by atoms with Crippen LogP contribution in [0.4, 0.5) is 23.2 Å². The van der Waals surface area contributed by atoms with Gasteiger partial charge in [0.15, 0.2) is 0 Å². The molecule has 2 aromatic rings. The van der Waals surface area contributed by atoms with Gasteiger partial charge >= 0.3 is 6.18 Å². The van der Waals surface area contributed by atoms with Crippen molar-refractivity contribution in [3.63, 3.8) is 0 Å². The van der Waals surface area contributed by atoms with Crippen molar-refractivity contribution in [3.05, 3.63) is 58.1 Å². The van der Waals surface area contributed by atoms with Gasteiger partial charge in [-0.2, -0.15) is 13.2 Å².